The third-order valence-corrected chi connectivity index (χ3v) is 3.25. The molecule has 2 heterocycles. The van der Waals surface area contributed by atoms with Crippen LogP contribution in [0.1, 0.15) is 17.3 Å². The molecule has 1 aromatic carbocycles. The summed E-state index contributed by atoms with van der Waals surface area (Å²) in [5.74, 6) is 5.63. The molecule has 0 aliphatic heterocycles. The monoisotopic (exact) mass is 265 g/mol. The van der Waals surface area contributed by atoms with Crippen LogP contribution < -0.4 is 11.3 Å². The maximum Gasteiger partial charge on any atom is 0.115 e. The third-order valence-electron chi connectivity index (χ3n) is 3.25. The molecule has 0 bridgehead atoms. The summed E-state index contributed by atoms with van der Waals surface area (Å²) < 4.78 is 0. The summed E-state index contributed by atoms with van der Waals surface area (Å²) >= 11 is 0. The Morgan fingerprint density at radius 1 is 1.05 bits per heavy atom. The van der Waals surface area contributed by atoms with Gasteiger partial charge in [0.2, 0.25) is 0 Å². The molecule has 0 spiro atoms. The van der Waals surface area contributed by atoms with Gasteiger partial charge in [-0.1, -0.05) is 24.3 Å². The second-order valence-corrected chi connectivity index (χ2v) is 4.59. The number of hydrogen-bond acceptors (Lipinski definition) is 5. The Kier molecular flexibility index (Phi) is 3.62. The summed E-state index contributed by atoms with van der Waals surface area (Å²) in [6, 6.07) is 12.1. The van der Waals surface area contributed by atoms with Gasteiger partial charge in [-0.15, -0.1) is 0 Å². The van der Waals surface area contributed by atoms with Crippen LogP contribution in [-0.4, -0.2) is 15.0 Å². The van der Waals surface area contributed by atoms with Crippen molar-refractivity contribution in [3.05, 3.63) is 66.4 Å². The van der Waals surface area contributed by atoms with E-state index in [-0.39, 0.29) is 6.04 Å². The minimum atomic E-state index is -0.0511. The second kappa shape index (κ2) is 5.73. The molecular weight excluding hydrogens is 250 g/mol. The van der Waals surface area contributed by atoms with Gasteiger partial charge in [0.05, 0.1) is 11.6 Å². The lowest BCUT2D eigenvalue weighted by molar-refractivity contribution is 0.543. The lowest BCUT2D eigenvalue weighted by atomic mass is 10.0. The van der Waals surface area contributed by atoms with E-state index >= 15 is 0 Å². The first-order valence-corrected chi connectivity index (χ1v) is 6.42. The Morgan fingerprint density at radius 3 is 2.65 bits per heavy atom. The smallest absolute Gasteiger partial charge is 0.115 e. The highest BCUT2D eigenvalue weighted by Gasteiger charge is 2.12. The molecule has 1 atom stereocenters. The normalized spacial score (nSPS) is 12.4. The van der Waals surface area contributed by atoms with Crippen molar-refractivity contribution in [2.24, 2.45) is 5.84 Å². The highest BCUT2D eigenvalue weighted by molar-refractivity contribution is 5.78. The molecule has 0 aliphatic rings. The SMILES string of the molecule is NNC(Cc1ccc2ccccc2n1)c1cncnc1. The first kappa shape index (κ1) is 12.7. The van der Waals surface area contributed by atoms with E-state index in [0.29, 0.717) is 6.42 Å². The molecule has 2 aromatic heterocycles. The maximum absolute atomic E-state index is 5.63. The van der Waals surface area contributed by atoms with Gasteiger partial charge in [-0.3, -0.25) is 16.3 Å². The second-order valence-electron chi connectivity index (χ2n) is 4.59. The van der Waals surface area contributed by atoms with Crippen LogP contribution in [0.4, 0.5) is 0 Å². The van der Waals surface area contributed by atoms with Crippen LogP contribution in [0.5, 0.6) is 0 Å². The third kappa shape index (κ3) is 2.64. The van der Waals surface area contributed by atoms with E-state index in [1.807, 2.05) is 24.3 Å². The van der Waals surface area contributed by atoms with E-state index in [9.17, 15) is 0 Å². The molecule has 0 saturated carbocycles. The predicted octanol–water partition coefficient (Wildman–Crippen LogP) is 1.77. The molecule has 3 N–H and O–H groups in total. The van der Waals surface area contributed by atoms with Gasteiger partial charge in [0.25, 0.3) is 0 Å². The molecule has 0 saturated heterocycles. The lowest BCUT2D eigenvalue weighted by Gasteiger charge is -2.15. The van der Waals surface area contributed by atoms with Crippen LogP contribution in [0.3, 0.4) is 0 Å². The Bertz CT molecular complexity index is 699. The van der Waals surface area contributed by atoms with Crippen LogP contribution in [0.15, 0.2) is 55.1 Å². The van der Waals surface area contributed by atoms with E-state index in [0.717, 1.165) is 22.2 Å². The van der Waals surface area contributed by atoms with Crippen LogP contribution in [0.25, 0.3) is 10.9 Å². The average molecular weight is 265 g/mol. The molecule has 0 fully saturated rings. The molecule has 0 radical (unpaired) electrons. The molecular formula is C15H15N5. The fraction of sp³-hybridized carbons (Fsp3) is 0.133. The van der Waals surface area contributed by atoms with Crippen molar-refractivity contribution >= 4 is 10.9 Å². The molecule has 1 unspecified atom stereocenters. The van der Waals surface area contributed by atoms with E-state index < -0.39 is 0 Å². The number of para-hydroxylation sites is 1. The number of nitrogens with one attached hydrogen (secondary N) is 1. The van der Waals surface area contributed by atoms with Gasteiger partial charge >= 0.3 is 0 Å². The number of nitrogens with zero attached hydrogens (tertiary/aromatic N) is 3. The van der Waals surface area contributed by atoms with E-state index in [4.69, 9.17) is 5.84 Å². The zero-order valence-electron chi connectivity index (χ0n) is 10.9. The maximum atomic E-state index is 5.63. The van der Waals surface area contributed by atoms with Gasteiger partial charge in [0, 0.05) is 35.5 Å². The highest BCUT2D eigenvalue weighted by atomic mass is 15.2. The van der Waals surface area contributed by atoms with Crippen molar-refractivity contribution < 1.29 is 0 Å². The Morgan fingerprint density at radius 2 is 1.85 bits per heavy atom. The number of hydrazine groups is 1. The fourth-order valence-corrected chi connectivity index (χ4v) is 2.19. The van der Waals surface area contributed by atoms with Crippen molar-refractivity contribution in [3.63, 3.8) is 0 Å². The van der Waals surface area contributed by atoms with Gasteiger partial charge in [0.1, 0.15) is 6.33 Å². The molecule has 5 nitrogen and oxygen atoms in total. The molecule has 3 rings (SSSR count). The number of fused-ring (bicyclic) bond motifs is 1. The van der Waals surface area contributed by atoms with Gasteiger partial charge in [-0.25, -0.2) is 9.97 Å². The zero-order chi connectivity index (χ0) is 13.8. The summed E-state index contributed by atoms with van der Waals surface area (Å²) in [6.07, 6.45) is 5.72. The Hall–Kier alpha value is -2.37. The lowest BCUT2D eigenvalue weighted by Crippen LogP contribution is -2.30. The summed E-state index contributed by atoms with van der Waals surface area (Å²) in [7, 11) is 0. The number of nitrogens with two attached hydrogens (primary N) is 1. The van der Waals surface area contributed by atoms with Crippen LogP contribution in [-0.2, 0) is 6.42 Å². The van der Waals surface area contributed by atoms with Crippen molar-refractivity contribution in [1.82, 2.24) is 20.4 Å². The van der Waals surface area contributed by atoms with E-state index in [1.165, 1.54) is 6.33 Å². The zero-order valence-corrected chi connectivity index (χ0v) is 10.9. The van der Waals surface area contributed by atoms with Crippen molar-refractivity contribution in [2.45, 2.75) is 12.5 Å². The Balaban J connectivity index is 1.87. The predicted molar refractivity (Wildman–Crippen MR) is 77.5 cm³/mol. The largest absolute Gasteiger partial charge is 0.271 e. The first-order valence-electron chi connectivity index (χ1n) is 6.42. The molecule has 0 amide bonds. The number of pyridine rings is 1. The summed E-state index contributed by atoms with van der Waals surface area (Å²) in [5.41, 5.74) is 5.72. The minimum Gasteiger partial charge on any atom is -0.271 e. The van der Waals surface area contributed by atoms with Gasteiger partial charge in [-0.05, 0) is 12.1 Å². The number of rotatable bonds is 4. The first-order chi connectivity index (χ1) is 9.86. The average Bonchev–Trinajstić information content (AvgIpc) is 2.53. The van der Waals surface area contributed by atoms with Gasteiger partial charge < -0.3 is 0 Å². The van der Waals surface area contributed by atoms with Crippen LogP contribution in [0.2, 0.25) is 0 Å². The Labute approximate surface area is 116 Å². The highest BCUT2D eigenvalue weighted by Crippen LogP contribution is 2.17. The number of benzene rings is 1. The molecule has 5 heteroatoms. The van der Waals surface area contributed by atoms with Gasteiger partial charge in [0.15, 0.2) is 0 Å². The molecule has 0 aliphatic carbocycles. The molecule has 100 valence electrons. The summed E-state index contributed by atoms with van der Waals surface area (Å²) in [4.78, 5) is 12.7. The molecule has 3 aromatic rings. The molecule has 20 heavy (non-hydrogen) atoms. The van der Waals surface area contributed by atoms with Crippen LogP contribution >= 0.6 is 0 Å². The van der Waals surface area contributed by atoms with Crippen LogP contribution in [0, 0.1) is 0 Å². The topological polar surface area (TPSA) is 76.7 Å². The number of aromatic nitrogens is 3. The van der Waals surface area contributed by atoms with E-state index in [2.05, 4.69) is 32.5 Å². The number of hydrogen-bond donors (Lipinski definition) is 2. The standard InChI is InChI=1S/C15H15N5/c16-20-15(12-8-17-10-18-9-12)7-13-6-5-11-3-1-2-4-14(11)19-13/h1-6,8-10,15,20H,7,16H2. The van der Waals surface area contributed by atoms with Crippen molar-refractivity contribution in [1.29, 1.82) is 0 Å². The fourth-order valence-electron chi connectivity index (χ4n) is 2.19. The summed E-state index contributed by atoms with van der Waals surface area (Å²) in [6.45, 7) is 0. The minimum absolute atomic E-state index is 0.0511. The van der Waals surface area contributed by atoms with Gasteiger partial charge in [-0.2, -0.15) is 0 Å². The van der Waals surface area contributed by atoms with Crippen molar-refractivity contribution in [2.75, 3.05) is 0 Å². The summed E-state index contributed by atoms with van der Waals surface area (Å²) in [5, 5.41) is 1.14. The van der Waals surface area contributed by atoms with Crippen molar-refractivity contribution in [3.8, 4) is 0 Å². The van der Waals surface area contributed by atoms with E-state index in [1.54, 1.807) is 12.4 Å². The quantitative estimate of drug-likeness (QED) is 0.555.